The molecule has 3 aromatic rings. The Labute approximate surface area is 128 Å². The van der Waals surface area contributed by atoms with Crippen molar-refractivity contribution in [1.82, 2.24) is 4.98 Å². The van der Waals surface area contributed by atoms with Crippen molar-refractivity contribution in [2.24, 2.45) is 0 Å². The molecule has 0 atom stereocenters. The first kappa shape index (κ1) is 13.6. The summed E-state index contributed by atoms with van der Waals surface area (Å²) < 4.78 is 5.23. The second-order valence-electron chi connectivity index (χ2n) is 4.62. The van der Waals surface area contributed by atoms with Gasteiger partial charge in [-0.25, -0.2) is 4.98 Å². The van der Waals surface area contributed by atoms with Crippen LogP contribution in [0.25, 0.3) is 10.6 Å². The second-order valence-corrected chi connectivity index (χ2v) is 5.51. The van der Waals surface area contributed by atoms with Gasteiger partial charge in [0.15, 0.2) is 0 Å². The van der Waals surface area contributed by atoms with Crippen molar-refractivity contribution >= 4 is 17.0 Å². The number of methoxy groups -OCH3 is 1. The molecule has 2 aromatic carbocycles. The molecule has 4 heteroatoms. The maximum atomic E-state index is 5.23. The fourth-order valence-electron chi connectivity index (χ4n) is 2.08. The minimum absolute atomic E-state index is 0.772. The number of hydrogen-bond acceptors (Lipinski definition) is 4. The van der Waals surface area contributed by atoms with Crippen molar-refractivity contribution in [3.05, 3.63) is 65.7 Å². The van der Waals surface area contributed by atoms with Crippen LogP contribution in [-0.4, -0.2) is 12.1 Å². The molecule has 0 saturated carbocycles. The Morgan fingerprint density at radius 2 is 2.00 bits per heavy atom. The molecule has 0 amide bonds. The van der Waals surface area contributed by atoms with E-state index in [1.807, 2.05) is 29.8 Å². The van der Waals surface area contributed by atoms with Crippen molar-refractivity contribution in [3.63, 3.8) is 0 Å². The number of nitrogens with zero attached hydrogens (tertiary/aromatic N) is 1. The van der Waals surface area contributed by atoms with Gasteiger partial charge in [-0.3, -0.25) is 0 Å². The Kier molecular flexibility index (Phi) is 4.17. The third-order valence-corrected chi connectivity index (χ3v) is 4.02. The van der Waals surface area contributed by atoms with E-state index in [1.165, 1.54) is 5.56 Å². The van der Waals surface area contributed by atoms with Gasteiger partial charge in [0.05, 0.1) is 7.11 Å². The van der Waals surface area contributed by atoms with E-state index in [-0.39, 0.29) is 0 Å². The zero-order valence-electron chi connectivity index (χ0n) is 11.7. The maximum absolute atomic E-state index is 5.23. The van der Waals surface area contributed by atoms with Gasteiger partial charge in [0.2, 0.25) is 0 Å². The van der Waals surface area contributed by atoms with Crippen molar-refractivity contribution in [2.75, 3.05) is 12.4 Å². The Morgan fingerprint density at radius 1 is 1.14 bits per heavy atom. The summed E-state index contributed by atoms with van der Waals surface area (Å²) in [5.41, 5.74) is 3.44. The smallest absolute Gasteiger partial charge is 0.123 e. The highest BCUT2D eigenvalue weighted by molar-refractivity contribution is 7.13. The van der Waals surface area contributed by atoms with E-state index < -0.39 is 0 Å². The number of benzene rings is 2. The first-order valence-corrected chi connectivity index (χ1v) is 7.60. The van der Waals surface area contributed by atoms with E-state index >= 15 is 0 Å². The predicted molar refractivity (Wildman–Crippen MR) is 87.9 cm³/mol. The predicted octanol–water partition coefficient (Wildman–Crippen LogP) is 4.43. The highest BCUT2D eigenvalue weighted by atomic mass is 32.1. The van der Waals surface area contributed by atoms with Gasteiger partial charge in [0.25, 0.3) is 0 Å². The van der Waals surface area contributed by atoms with Crippen LogP contribution >= 0.6 is 11.3 Å². The molecule has 0 aliphatic heterocycles. The molecule has 106 valence electrons. The number of anilines is 1. The van der Waals surface area contributed by atoms with Gasteiger partial charge in [-0.2, -0.15) is 0 Å². The van der Waals surface area contributed by atoms with Crippen LogP contribution in [0.4, 0.5) is 5.69 Å². The lowest BCUT2D eigenvalue weighted by molar-refractivity contribution is 0.414. The number of thiazole rings is 1. The van der Waals surface area contributed by atoms with Gasteiger partial charge in [-0.05, 0) is 42.0 Å². The lowest BCUT2D eigenvalue weighted by Gasteiger charge is -2.08. The molecule has 0 aliphatic rings. The monoisotopic (exact) mass is 296 g/mol. The topological polar surface area (TPSA) is 34.1 Å². The number of nitrogens with one attached hydrogen (secondary N) is 1. The van der Waals surface area contributed by atoms with Gasteiger partial charge in [0.1, 0.15) is 10.8 Å². The van der Waals surface area contributed by atoms with Crippen LogP contribution in [0.5, 0.6) is 5.75 Å². The molecule has 1 aromatic heterocycles. The molecule has 1 N–H and O–H groups in total. The summed E-state index contributed by atoms with van der Waals surface area (Å²) in [6.45, 7) is 0.772. The number of rotatable bonds is 5. The third kappa shape index (κ3) is 3.41. The van der Waals surface area contributed by atoms with Crippen LogP contribution in [0.15, 0.2) is 60.1 Å². The molecule has 0 saturated heterocycles. The third-order valence-electron chi connectivity index (χ3n) is 3.19. The van der Waals surface area contributed by atoms with Crippen LogP contribution in [0, 0.1) is 0 Å². The van der Waals surface area contributed by atoms with Gasteiger partial charge >= 0.3 is 0 Å². The summed E-state index contributed by atoms with van der Waals surface area (Å²) in [5, 5.41) is 6.45. The molecule has 1 heterocycles. The standard InChI is InChI=1S/C17H16N2OS/c1-20-16-4-2-3-13(11-16)12-19-15-7-5-14(6-8-15)17-18-9-10-21-17/h2-11,19H,12H2,1H3. The molecule has 3 rings (SSSR count). The molecule has 0 bridgehead atoms. The minimum Gasteiger partial charge on any atom is -0.497 e. The van der Waals surface area contributed by atoms with Crippen molar-refractivity contribution in [2.45, 2.75) is 6.54 Å². The number of aromatic nitrogens is 1. The Morgan fingerprint density at radius 3 is 2.71 bits per heavy atom. The molecule has 0 unspecified atom stereocenters. The Balaban J connectivity index is 1.65. The number of hydrogen-bond donors (Lipinski definition) is 1. The fourth-order valence-corrected chi connectivity index (χ4v) is 2.73. The fraction of sp³-hybridized carbons (Fsp3) is 0.118. The largest absolute Gasteiger partial charge is 0.497 e. The van der Waals surface area contributed by atoms with E-state index in [9.17, 15) is 0 Å². The molecule has 0 fully saturated rings. The number of ether oxygens (including phenoxy) is 1. The second kappa shape index (κ2) is 6.41. The van der Waals surface area contributed by atoms with E-state index in [4.69, 9.17) is 4.74 Å². The highest BCUT2D eigenvalue weighted by Crippen LogP contribution is 2.23. The van der Waals surface area contributed by atoms with Gasteiger partial charge in [-0.1, -0.05) is 12.1 Å². The quantitative estimate of drug-likeness (QED) is 0.756. The minimum atomic E-state index is 0.772. The first-order valence-electron chi connectivity index (χ1n) is 6.72. The molecule has 21 heavy (non-hydrogen) atoms. The van der Waals surface area contributed by atoms with E-state index in [0.717, 1.165) is 28.6 Å². The van der Waals surface area contributed by atoms with Crippen LogP contribution < -0.4 is 10.1 Å². The summed E-state index contributed by atoms with van der Waals surface area (Å²) in [6.07, 6.45) is 1.83. The van der Waals surface area contributed by atoms with Crippen LogP contribution in [0.2, 0.25) is 0 Å². The molecule has 0 aliphatic carbocycles. The first-order chi connectivity index (χ1) is 10.3. The molecular formula is C17H16N2OS. The normalized spacial score (nSPS) is 10.3. The van der Waals surface area contributed by atoms with Crippen molar-refractivity contribution in [3.8, 4) is 16.3 Å². The SMILES string of the molecule is COc1cccc(CNc2ccc(-c3nccs3)cc2)c1. The zero-order valence-corrected chi connectivity index (χ0v) is 12.6. The summed E-state index contributed by atoms with van der Waals surface area (Å²) in [7, 11) is 1.68. The van der Waals surface area contributed by atoms with Gasteiger partial charge in [0, 0.05) is 29.4 Å². The summed E-state index contributed by atoms with van der Waals surface area (Å²) in [5.74, 6) is 0.883. The molecule has 3 nitrogen and oxygen atoms in total. The lowest BCUT2D eigenvalue weighted by atomic mass is 10.2. The van der Waals surface area contributed by atoms with Crippen LogP contribution in [-0.2, 0) is 6.54 Å². The van der Waals surface area contributed by atoms with E-state index in [0.29, 0.717) is 0 Å². The van der Waals surface area contributed by atoms with Crippen molar-refractivity contribution < 1.29 is 4.74 Å². The zero-order chi connectivity index (χ0) is 14.5. The highest BCUT2D eigenvalue weighted by Gasteiger charge is 2.01. The summed E-state index contributed by atoms with van der Waals surface area (Å²) in [4.78, 5) is 4.31. The van der Waals surface area contributed by atoms with Gasteiger partial charge in [-0.15, -0.1) is 11.3 Å². The molecule has 0 radical (unpaired) electrons. The average Bonchev–Trinajstić information content (AvgIpc) is 3.08. The molecule has 0 spiro atoms. The maximum Gasteiger partial charge on any atom is 0.123 e. The summed E-state index contributed by atoms with van der Waals surface area (Å²) >= 11 is 1.65. The van der Waals surface area contributed by atoms with Crippen LogP contribution in [0.1, 0.15) is 5.56 Å². The van der Waals surface area contributed by atoms with E-state index in [1.54, 1.807) is 18.4 Å². The lowest BCUT2D eigenvalue weighted by Crippen LogP contribution is -1.99. The van der Waals surface area contributed by atoms with Crippen molar-refractivity contribution in [1.29, 1.82) is 0 Å². The summed E-state index contributed by atoms with van der Waals surface area (Å²) in [6, 6.07) is 16.4. The Hall–Kier alpha value is -2.33. The molecular weight excluding hydrogens is 280 g/mol. The van der Waals surface area contributed by atoms with Crippen LogP contribution in [0.3, 0.4) is 0 Å². The van der Waals surface area contributed by atoms with E-state index in [2.05, 4.69) is 40.6 Å². The average molecular weight is 296 g/mol. The Bertz CT molecular complexity index is 693. The van der Waals surface area contributed by atoms with Gasteiger partial charge < -0.3 is 10.1 Å².